The van der Waals surface area contributed by atoms with Gasteiger partial charge in [0.05, 0.1) is 0 Å². The van der Waals surface area contributed by atoms with Crippen LogP contribution < -0.4 is 11.1 Å². The molecule has 1 aromatic rings. The van der Waals surface area contributed by atoms with Gasteiger partial charge in [-0.15, -0.1) is 0 Å². The van der Waals surface area contributed by atoms with Gasteiger partial charge in [0.1, 0.15) is 5.82 Å². The van der Waals surface area contributed by atoms with Gasteiger partial charge in [-0.2, -0.15) is 4.37 Å². The predicted molar refractivity (Wildman–Crippen MR) is 69.9 cm³/mol. The van der Waals surface area contributed by atoms with E-state index in [9.17, 15) is 0 Å². The number of anilines is 1. The fraction of sp³-hybridized carbons (Fsp3) is 0.818. The second kappa shape index (κ2) is 5.59. The van der Waals surface area contributed by atoms with Gasteiger partial charge >= 0.3 is 0 Å². The third-order valence-corrected chi connectivity index (χ3v) is 3.18. The molecule has 0 unspecified atom stereocenters. The summed E-state index contributed by atoms with van der Waals surface area (Å²) in [5.74, 6) is 1.31. The molecule has 0 amide bonds. The van der Waals surface area contributed by atoms with Crippen LogP contribution in [0.3, 0.4) is 0 Å². The fourth-order valence-corrected chi connectivity index (χ4v) is 2.04. The van der Waals surface area contributed by atoms with Crippen molar-refractivity contribution in [1.82, 2.24) is 9.36 Å². The molecule has 0 aliphatic heterocycles. The Labute approximate surface area is 102 Å². The first-order chi connectivity index (χ1) is 7.44. The monoisotopic (exact) mass is 242 g/mol. The molecule has 1 rings (SSSR count). The zero-order valence-corrected chi connectivity index (χ0v) is 11.4. The highest BCUT2D eigenvalue weighted by molar-refractivity contribution is 7.09. The van der Waals surface area contributed by atoms with E-state index >= 15 is 0 Å². The smallest absolute Gasteiger partial charge is 0.202 e. The number of nitrogens with two attached hydrogens (primary N) is 1. The molecule has 1 heterocycles. The maximum atomic E-state index is 5.57. The normalized spacial score (nSPS) is 12.1. The Morgan fingerprint density at radius 3 is 2.62 bits per heavy atom. The van der Waals surface area contributed by atoms with Crippen molar-refractivity contribution in [3.63, 3.8) is 0 Å². The minimum Gasteiger partial charge on any atom is -0.360 e. The Morgan fingerprint density at radius 1 is 1.44 bits per heavy atom. The van der Waals surface area contributed by atoms with E-state index in [1.54, 1.807) is 0 Å². The van der Waals surface area contributed by atoms with E-state index in [2.05, 4.69) is 42.4 Å². The van der Waals surface area contributed by atoms with Gasteiger partial charge in [-0.1, -0.05) is 27.7 Å². The molecule has 0 fully saturated rings. The molecule has 0 aliphatic rings. The lowest BCUT2D eigenvalue weighted by Crippen LogP contribution is -2.26. The third-order valence-electron chi connectivity index (χ3n) is 2.50. The van der Waals surface area contributed by atoms with Crippen molar-refractivity contribution >= 4 is 16.7 Å². The van der Waals surface area contributed by atoms with Gasteiger partial charge in [0.15, 0.2) is 0 Å². The highest BCUT2D eigenvalue weighted by Crippen LogP contribution is 2.22. The average Bonchev–Trinajstić information content (AvgIpc) is 2.63. The van der Waals surface area contributed by atoms with Crippen molar-refractivity contribution in [3.05, 3.63) is 5.82 Å². The molecule has 0 bridgehead atoms. The van der Waals surface area contributed by atoms with E-state index < -0.39 is 0 Å². The fourth-order valence-electron chi connectivity index (χ4n) is 1.34. The number of hydrogen-bond donors (Lipinski definition) is 2. The van der Waals surface area contributed by atoms with Gasteiger partial charge in [0, 0.05) is 24.0 Å². The van der Waals surface area contributed by atoms with E-state index in [-0.39, 0.29) is 5.41 Å². The molecule has 0 spiro atoms. The lowest BCUT2D eigenvalue weighted by molar-refractivity contribution is 0.365. The molecule has 0 saturated carbocycles. The summed E-state index contributed by atoms with van der Waals surface area (Å²) in [6, 6.07) is 0. The first kappa shape index (κ1) is 13.4. The van der Waals surface area contributed by atoms with Crippen LogP contribution in [-0.2, 0) is 0 Å². The number of nitrogens with one attached hydrogen (secondary N) is 1. The van der Waals surface area contributed by atoms with Gasteiger partial charge in [0.25, 0.3) is 0 Å². The molecule has 3 N–H and O–H groups in total. The zero-order valence-electron chi connectivity index (χ0n) is 10.6. The lowest BCUT2D eigenvalue weighted by Gasteiger charge is -2.23. The van der Waals surface area contributed by atoms with Crippen LogP contribution in [0.5, 0.6) is 0 Å². The lowest BCUT2D eigenvalue weighted by atomic mass is 9.89. The molecule has 5 heteroatoms. The summed E-state index contributed by atoms with van der Waals surface area (Å²) in [5.41, 5.74) is 5.78. The van der Waals surface area contributed by atoms with Gasteiger partial charge < -0.3 is 11.1 Å². The Balaban J connectivity index is 2.48. The SMILES string of the molecule is CC(C)c1nsc(NCC(C)(C)CCN)n1. The van der Waals surface area contributed by atoms with Crippen LogP contribution in [0.1, 0.15) is 45.9 Å². The van der Waals surface area contributed by atoms with Crippen molar-refractivity contribution in [3.8, 4) is 0 Å². The minimum atomic E-state index is 0.207. The van der Waals surface area contributed by atoms with E-state index in [1.807, 2.05) is 0 Å². The van der Waals surface area contributed by atoms with Crippen LogP contribution in [0, 0.1) is 5.41 Å². The molecule has 1 aromatic heterocycles. The van der Waals surface area contributed by atoms with Gasteiger partial charge in [0.2, 0.25) is 5.13 Å². The maximum Gasteiger partial charge on any atom is 0.202 e. The summed E-state index contributed by atoms with van der Waals surface area (Å²) in [6.45, 7) is 10.2. The predicted octanol–water partition coefficient (Wildman–Crippen LogP) is 2.45. The van der Waals surface area contributed by atoms with Crippen LogP contribution in [0.15, 0.2) is 0 Å². The largest absolute Gasteiger partial charge is 0.360 e. The first-order valence-corrected chi connectivity index (χ1v) is 6.49. The van der Waals surface area contributed by atoms with Crippen molar-refractivity contribution in [2.24, 2.45) is 11.1 Å². The number of hydrogen-bond acceptors (Lipinski definition) is 5. The van der Waals surface area contributed by atoms with Crippen LogP contribution in [0.2, 0.25) is 0 Å². The molecule has 0 saturated heterocycles. The molecule has 0 aromatic carbocycles. The summed E-state index contributed by atoms with van der Waals surface area (Å²) in [4.78, 5) is 4.44. The number of aromatic nitrogens is 2. The topological polar surface area (TPSA) is 63.8 Å². The van der Waals surface area contributed by atoms with Crippen LogP contribution in [0.4, 0.5) is 5.13 Å². The summed E-state index contributed by atoms with van der Waals surface area (Å²) < 4.78 is 4.31. The van der Waals surface area contributed by atoms with Gasteiger partial charge in [-0.25, -0.2) is 4.98 Å². The Kier molecular flexibility index (Phi) is 4.68. The molecule has 0 aliphatic carbocycles. The van der Waals surface area contributed by atoms with Gasteiger partial charge in [-0.3, -0.25) is 0 Å². The zero-order chi connectivity index (χ0) is 12.2. The maximum absolute atomic E-state index is 5.57. The van der Waals surface area contributed by atoms with Crippen LogP contribution in [0.25, 0.3) is 0 Å². The quantitative estimate of drug-likeness (QED) is 0.804. The molecule has 92 valence electrons. The second-order valence-corrected chi connectivity index (χ2v) is 5.92. The van der Waals surface area contributed by atoms with Crippen molar-refractivity contribution < 1.29 is 0 Å². The Morgan fingerprint density at radius 2 is 2.12 bits per heavy atom. The summed E-state index contributed by atoms with van der Waals surface area (Å²) in [6.07, 6.45) is 1.01. The summed E-state index contributed by atoms with van der Waals surface area (Å²) in [7, 11) is 0. The van der Waals surface area contributed by atoms with E-state index in [1.165, 1.54) is 11.5 Å². The van der Waals surface area contributed by atoms with Crippen molar-refractivity contribution in [1.29, 1.82) is 0 Å². The molecule has 4 nitrogen and oxygen atoms in total. The molecule has 0 atom stereocenters. The molecular formula is C11H22N4S. The van der Waals surface area contributed by atoms with Crippen LogP contribution >= 0.6 is 11.5 Å². The first-order valence-electron chi connectivity index (χ1n) is 5.72. The van der Waals surface area contributed by atoms with E-state index in [4.69, 9.17) is 5.73 Å². The second-order valence-electron chi connectivity index (χ2n) is 5.17. The Hall–Kier alpha value is -0.680. The highest BCUT2D eigenvalue weighted by Gasteiger charge is 2.17. The summed E-state index contributed by atoms with van der Waals surface area (Å²) in [5, 5.41) is 4.25. The molecule has 0 radical (unpaired) electrons. The average molecular weight is 242 g/mol. The number of nitrogens with zero attached hydrogens (tertiary/aromatic N) is 2. The molecule has 16 heavy (non-hydrogen) atoms. The van der Waals surface area contributed by atoms with Crippen molar-refractivity contribution in [2.75, 3.05) is 18.4 Å². The summed E-state index contributed by atoms with van der Waals surface area (Å²) >= 11 is 1.43. The van der Waals surface area contributed by atoms with Gasteiger partial charge in [-0.05, 0) is 18.4 Å². The standard InChI is InChI=1S/C11H22N4S/c1-8(2)9-14-10(16-15-9)13-7-11(3,4)5-6-12/h8H,5-7,12H2,1-4H3,(H,13,14,15). The third kappa shape index (κ3) is 4.06. The van der Waals surface area contributed by atoms with Crippen molar-refractivity contribution in [2.45, 2.75) is 40.0 Å². The van der Waals surface area contributed by atoms with E-state index in [0.717, 1.165) is 30.5 Å². The minimum absolute atomic E-state index is 0.207. The van der Waals surface area contributed by atoms with Crippen LogP contribution in [-0.4, -0.2) is 22.4 Å². The number of rotatable bonds is 6. The van der Waals surface area contributed by atoms with E-state index in [0.29, 0.717) is 5.92 Å². The molecular weight excluding hydrogens is 220 g/mol. The highest BCUT2D eigenvalue weighted by atomic mass is 32.1. The Bertz CT molecular complexity index is 320.